The third-order valence-electron chi connectivity index (χ3n) is 2.62. The Morgan fingerprint density at radius 1 is 1.36 bits per heavy atom. The summed E-state index contributed by atoms with van der Waals surface area (Å²) in [5.74, 6) is 0. The van der Waals surface area contributed by atoms with Crippen LogP contribution in [-0.4, -0.2) is 49.5 Å². The molecule has 0 aliphatic rings. The van der Waals surface area contributed by atoms with Crippen molar-refractivity contribution >= 4 is 0 Å². The van der Waals surface area contributed by atoms with Crippen LogP contribution in [0.15, 0.2) is 0 Å². The lowest BCUT2D eigenvalue weighted by Gasteiger charge is -2.32. The Labute approximate surface area is 88.1 Å². The molecule has 0 saturated heterocycles. The highest BCUT2D eigenvalue weighted by Crippen LogP contribution is 2.19. The molecule has 14 heavy (non-hydrogen) atoms. The van der Waals surface area contributed by atoms with E-state index in [9.17, 15) is 5.11 Å². The van der Waals surface area contributed by atoms with Crippen molar-refractivity contribution in [2.24, 2.45) is 5.41 Å². The van der Waals surface area contributed by atoms with Crippen LogP contribution >= 0.6 is 0 Å². The van der Waals surface area contributed by atoms with Gasteiger partial charge in [-0.1, -0.05) is 20.8 Å². The molecule has 3 nitrogen and oxygen atoms in total. The highest BCUT2D eigenvalue weighted by atomic mass is 16.5. The van der Waals surface area contributed by atoms with Crippen molar-refractivity contribution in [2.45, 2.75) is 39.8 Å². The third-order valence-corrected chi connectivity index (χ3v) is 2.62. The number of rotatable bonds is 5. The van der Waals surface area contributed by atoms with Gasteiger partial charge in [0.15, 0.2) is 0 Å². The summed E-state index contributed by atoms with van der Waals surface area (Å²) >= 11 is 0. The number of nitrogens with zero attached hydrogens (tertiary/aromatic N) is 1. The molecule has 0 bridgehead atoms. The molecule has 0 aromatic heterocycles. The van der Waals surface area contributed by atoms with Gasteiger partial charge in [0.1, 0.15) is 0 Å². The Morgan fingerprint density at radius 3 is 2.21 bits per heavy atom. The maximum absolute atomic E-state index is 9.89. The average molecular weight is 203 g/mol. The first kappa shape index (κ1) is 13.9. The highest BCUT2D eigenvalue weighted by molar-refractivity contribution is 4.77. The van der Waals surface area contributed by atoms with Crippen molar-refractivity contribution in [1.82, 2.24) is 4.90 Å². The second-order valence-electron chi connectivity index (χ2n) is 5.13. The number of hydrogen-bond acceptors (Lipinski definition) is 3. The van der Waals surface area contributed by atoms with E-state index < -0.39 is 0 Å². The Balaban J connectivity index is 3.99. The van der Waals surface area contributed by atoms with Crippen LogP contribution in [0.5, 0.6) is 0 Å². The molecule has 2 atom stereocenters. The van der Waals surface area contributed by atoms with Gasteiger partial charge in [-0.05, 0) is 19.4 Å². The van der Waals surface area contributed by atoms with Crippen LogP contribution in [0.3, 0.4) is 0 Å². The van der Waals surface area contributed by atoms with E-state index in [1.807, 2.05) is 27.8 Å². The molecule has 1 N–H and O–H groups in total. The van der Waals surface area contributed by atoms with Crippen molar-refractivity contribution in [3.05, 3.63) is 0 Å². The van der Waals surface area contributed by atoms with Crippen molar-refractivity contribution in [1.29, 1.82) is 0 Å². The van der Waals surface area contributed by atoms with E-state index in [1.165, 1.54) is 0 Å². The van der Waals surface area contributed by atoms with Gasteiger partial charge >= 0.3 is 0 Å². The highest BCUT2D eigenvalue weighted by Gasteiger charge is 2.24. The number of methoxy groups -OCH3 is 1. The zero-order valence-corrected chi connectivity index (χ0v) is 10.4. The van der Waals surface area contributed by atoms with Gasteiger partial charge in [0.2, 0.25) is 0 Å². The Kier molecular flexibility index (Phi) is 5.64. The van der Waals surface area contributed by atoms with Crippen LogP contribution in [0, 0.1) is 5.41 Å². The first-order chi connectivity index (χ1) is 6.29. The van der Waals surface area contributed by atoms with Gasteiger partial charge in [-0.3, -0.25) is 4.90 Å². The molecule has 0 aromatic rings. The molecule has 0 aromatic carbocycles. The van der Waals surface area contributed by atoms with Gasteiger partial charge in [-0.2, -0.15) is 0 Å². The number of aliphatic hydroxyl groups excluding tert-OH is 1. The van der Waals surface area contributed by atoms with E-state index in [4.69, 9.17) is 4.74 Å². The Bertz CT molecular complexity index is 154. The lowest BCUT2D eigenvalue weighted by atomic mass is 9.89. The molecule has 0 rings (SSSR count). The van der Waals surface area contributed by atoms with Gasteiger partial charge in [-0.25, -0.2) is 0 Å². The Morgan fingerprint density at radius 2 is 1.86 bits per heavy atom. The van der Waals surface area contributed by atoms with Crippen LogP contribution in [0.2, 0.25) is 0 Å². The quantitative estimate of drug-likeness (QED) is 0.732. The topological polar surface area (TPSA) is 32.7 Å². The predicted molar refractivity (Wildman–Crippen MR) is 59.4 cm³/mol. The molecule has 86 valence electrons. The summed E-state index contributed by atoms with van der Waals surface area (Å²) < 4.78 is 5.07. The van der Waals surface area contributed by atoms with E-state index >= 15 is 0 Å². The maximum Gasteiger partial charge on any atom is 0.0715 e. The molecule has 2 unspecified atom stereocenters. The summed E-state index contributed by atoms with van der Waals surface area (Å²) in [6.45, 7) is 9.63. The van der Waals surface area contributed by atoms with Crippen molar-refractivity contribution < 1.29 is 9.84 Å². The molecule has 0 heterocycles. The first-order valence-electron chi connectivity index (χ1n) is 5.16. The monoisotopic (exact) mass is 203 g/mol. The summed E-state index contributed by atoms with van der Waals surface area (Å²) in [5.41, 5.74) is -0.0545. The molecule has 0 radical (unpaired) electrons. The molecule has 0 aliphatic heterocycles. The lowest BCUT2D eigenvalue weighted by molar-refractivity contribution is 0.0148. The summed E-state index contributed by atoms with van der Waals surface area (Å²) in [4.78, 5) is 2.12. The van der Waals surface area contributed by atoms with Gasteiger partial charge in [0, 0.05) is 19.7 Å². The van der Waals surface area contributed by atoms with Crippen LogP contribution in [-0.2, 0) is 4.74 Å². The molecular weight excluding hydrogens is 178 g/mol. The number of aliphatic hydroxyl groups is 1. The molecule has 0 spiro atoms. The smallest absolute Gasteiger partial charge is 0.0715 e. The minimum Gasteiger partial charge on any atom is -0.391 e. The summed E-state index contributed by atoms with van der Waals surface area (Å²) in [7, 11) is 3.71. The van der Waals surface area contributed by atoms with E-state index in [0.29, 0.717) is 19.2 Å². The Hall–Kier alpha value is -0.120. The fraction of sp³-hybridized carbons (Fsp3) is 1.00. The lowest BCUT2D eigenvalue weighted by Crippen LogP contribution is -2.42. The first-order valence-corrected chi connectivity index (χ1v) is 5.16. The van der Waals surface area contributed by atoms with Crippen LogP contribution in [0.25, 0.3) is 0 Å². The summed E-state index contributed by atoms with van der Waals surface area (Å²) in [6.07, 6.45) is -0.299. The zero-order chi connectivity index (χ0) is 11.4. The number of likely N-dealkylation sites (N-methyl/N-ethyl adjacent to an activating group) is 1. The SMILES string of the molecule is COCC(C)N(C)CC(O)C(C)(C)C. The molecular formula is C11H25NO2. The molecule has 3 heteroatoms. The van der Waals surface area contributed by atoms with Crippen molar-refractivity contribution in [2.75, 3.05) is 27.3 Å². The summed E-state index contributed by atoms with van der Waals surface area (Å²) in [6, 6.07) is 0.344. The fourth-order valence-electron chi connectivity index (χ4n) is 1.10. The van der Waals surface area contributed by atoms with Gasteiger partial charge in [0.25, 0.3) is 0 Å². The van der Waals surface area contributed by atoms with Crippen LogP contribution in [0.1, 0.15) is 27.7 Å². The predicted octanol–water partition coefficient (Wildman–Crippen LogP) is 1.36. The van der Waals surface area contributed by atoms with E-state index in [-0.39, 0.29) is 11.5 Å². The normalized spacial score (nSPS) is 17.1. The molecule has 0 fully saturated rings. The zero-order valence-electron chi connectivity index (χ0n) is 10.4. The van der Waals surface area contributed by atoms with Gasteiger partial charge < -0.3 is 9.84 Å². The molecule has 0 aliphatic carbocycles. The third kappa shape index (κ3) is 4.94. The van der Waals surface area contributed by atoms with Crippen LogP contribution in [0.4, 0.5) is 0 Å². The second kappa shape index (κ2) is 5.69. The minimum absolute atomic E-state index is 0.0545. The second-order valence-corrected chi connectivity index (χ2v) is 5.13. The molecule has 0 saturated carbocycles. The van der Waals surface area contributed by atoms with E-state index in [1.54, 1.807) is 7.11 Å². The van der Waals surface area contributed by atoms with Crippen molar-refractivity contribution in [3.63, 3.8) is 0 Å². The maximum atomic E-state index is 9.89. The van der Waals surface area contributed by atoms with Crippen molar-refractivity contribution in [3.8, 4) is 0 Å². The van der Waals surface area contributed by atoms with Gasteiger partial charge in [0.05, 0.1) is 12.7 Å². The van der Waals surface area contributed by atoms with E-state index in [2.05, 4.69) is 11.8 Å². The number of ether oxygens (including phenoxy) is 1. The van der Waals surface area contributed by atoms with E-state index in [0.717, 1.165) is 0 Å². The van der Waals surface area contributed by atoms with Crippen LogP contribution < -0.4 is 0 Å². The molecule has 0 amide bonds. The standard InChI is InChI=1S/C11H25NO2/c1-9(8-14-6)12(5)7-10(13)11(2,3)4/h9-10,13H,7-8H2,1-6H3. The number of hydrogen-bond donors (Lipinski definition) is 1. The average Bonchev–Trinajstić information content (AvgIpc) is 2.02. The fourth-order valence-corrected chi connectivity index (χ4v) is 1.10. The minimum atomic E-state index is -0.299. The largest absolute Gasteiger partial charge is 0.391 e. The van der Waals surface area contributed by atoms with Gasteiger partial charge in [-0.15, -0.1) is 0 Å². The summed E-state index contributed by atoms with van der Waals surface area (Å²) in [5, 5.41) is 9.89.